The van der Waals surface area contributed by atoms with Gasteiger partial charge in [0.15, 0.2) is 11.5 Å². The van der Waals surface area contributed by atoms with E-state index >= 15 is 0 Å². The zero-order valence-corrected chi connectivity index (χ0v) is 18.0. The maximum absolute atomic E-state index is 14.4. The van der Waals surface area contributed by atoms with Gasteiger partial charge in [0.05, 0.1) is 40.1 Å². The quantitative estimate of drug-likeness (QED) is 0.373. The summed E-state index contributed by atoms with van der Waals surface area (Å²) in [6.07, 6.45) is 5.02. The molecule has 33 heavy (non-hydrogen) atoms. The van der Waals surface area contributed by atoms with Crippen LogP contribution < -0.4 is 5.32 Å². The molecular weight excluding hydrogens is 441 g/mol. The molecule has 0 unspecified atom stereocenters. The fourth-order valence-electron chi connectivity index (χ4n) is 3.56. The predicted molar refractivity (Wildman–Crippen MR) is 126 cm³/mol. The Morgan fingerprint density at radius 2 is 1.82 bits per heavy atom. The Balaban J connectivity index is 1.62. The van der Waals surface area contributed by atoms with Gasteiger partial charge in [-0.2, -0.15) is 5.10 Å². The number of fused-ring (bicyclic) bond motifs is 1. The number of anilines is 1. The zero-order chi connectivity index (χ0) is 22.8. The van der Waals surface area contributed by atoms with Crippen molar-refractivity contribution >= 4 is 34.2 Å². The minimum absolute atomic E-state index is 0.00269. The minimum Gasteiger partial charge on any atom is -0.319 e. The molecule has 8 heteroatoms. The highest BCUT2D eigenvalue weighted by atomic mass is 35.5. The van der Waals surface area contributed by atoms with E-state index in [1.54, 1.807) is 35.4 Å². The standard InChI is InChI=1S/C25H17ClFN5O/c26-20-7-4-8-21(23(20)27)31-25(33)18-13-22(17-5-2-1-3-6-17)30-24-19(18)14-29-32(24)15-16-9-11-28-12-10-16/h1-14H,15H2,(H,31,33). The first kappa shape index (κ1) is 20.8. The second-order valence-corrected chi connectivity index (χ2v) is 7.78. The van der Waals surface area contributed by atoms with Crippen LogP contribution in [0, 0.1) is 5.82 Å². The number of pyridine rings is 2. The lowest BCUT2D eigenvalue weighted by Gasteiger charge is -2.11. The van der Waals surface area contributed by atoms with Crippen molar-refractivity contribution in [2.45, 2.75) is 6.54 Å². The fraction of sp³-hybridized carbons (Fsp3) is 0.0400. The van der Waals surface area contributed by atoms with Crippen LogP contribution in [0.5, 0.6) is 0 Å². The van der Waals surface area contributed by atoms with Gasteiger partial charge < -0.3 is 5.32 Å². The van der Waals surface area contributed by atoms with Crippen molar-refractivity contribution in [1.29, 1.82) is 0 Å². The number of nitrogens with one attached hydrogen (secondary N) is 1. The van der Waals surface area contributed by atoms with Crippen molar-refractivity contribution in [3.63, 3.8) is 0 Å². The number of carbonyl (C=O) groups excluding carboxylic acids is 1. The van der Waals surface area contributed by atoms with Crippen molar-refractivity contribution in [3.05, 3.63) is 107 Å². The number of hydrogen-bond acceptors (Lipinski definition) is 4. The summed E-state index contributed by atoms with van der Waals surface area (Å²) >= 11 is 5.87. The lowest BCUT2D eigenvalue weighted by atomic mass is 10.1. The van der Waals surface area contributed by atoms with Crippen molar-refractivity contribution in [1.82, 2.24) is 19.7 Å². The summed E-state index contributed by atoms with van der Waals surface area (Å²) in [7, 11) is 0. The monoisotopic (exact) mass is 457 g/mol. The van der Waals surface area contributed by atoms with Crippen LogP contribution in [0.3, 0.4) is 0 Å². The predicted octanol–water partition coefficient (Wildman–Crippen LogP) is 5.59. The zero-order valence-electron chi connectivity index (χ0n) is 17.2. The maximum atomic E-state index is 14.4. The second kappa shape index (κ2) is 8.80. The Bertz CT molecular complexity index is 1450. The number of halogens is 2. The second-order valence-electron chi connectivity index (χ2n) is 7.37. The number of carbonyl (C=O) groups is 1. The highest BCUT2D eigenvalue weighted by Gasteiger charge is 2.19. The van der Waals surface area contributed by atoms with Crippen LogP contribution in [0.15, 0.2) is 85.3 Å². The van der Waals surface area contributed by atoms with Crippen molar-refractivity contribution in [2.75, 3.05) is 5.32 Å². The van der Waals surface area contributed by atoms with Crippen LogP contribution >= 0.6 is 11.6 Å². The third-order valence-electron chi connectivity index (χ3n) is 5.20. The highest BCUT2D eigenvalue weighted by Crippen LogP contribution is 2.27. The molecular formula is C25H17ClFN5O. The molecule has 0 spiro atoms. The molecule has 0 atom stereocenters. The van der Waals surface area contributed by atoms with Gasteiger partial charge in [-0.05, 0) is 35.9 Å². The third-order valence-corrected chi connectivity index (χ3v) is 5.50. The molecule has 1 N–H and O–H groups in total. The van der Waals surface area contributed by atoms with Gasteiger partial charge in [0.25, 0.3) is 5.91 Å². The summed E-state index contributed by atoms with van der Waals surface area (Å²) < 4.78 is 16.1. The van der Waals surface area contributed by atoms with E-state index in [1.807, 2.05) is 42.5 Å². The molecule has 1 amide bonds. The normalized spacial score (nSPS) is 11.0. The average molecular weight is 458 g/mol. The number of rotatable bonds is 5. The molecule has 5 rings (SSSR count). The van der Waals surface area contributed by atoms with Crippen molar-refractivity contribution in [3.8, 4) is 11.3 Å². The van der Waals surface area contributed by atoms with E-state index < -0.39 is 11.7 Å². The van der Waals surface area contributed by atoms with Crippen LogP contribution in [0.1, 0.15) is 15.9 Å². The van der Waals surface area contributed by atoms with Gasteiger partial charge in [-0.25, -0.2) is 14.1 Å². The first-order valence-corrected chi connectivity index (χ1v) is 10.5. The number of aromatic nitrogens is 4. The summed E-state index contributed by atoms with van der Waals surface area (Å²) in [5, 5.41) is 7.58. The maximum Gasteiger partial charge on any atom is 0.256 e. The van der Waals surface area contributed by atoms with Gasteiger partial charge in [0, 0.05) is 18.0 Å². The average Bonchev–Trinajstić information content (AvgIpc) is 3.25. The summed E-state index contributed by atoms with van der Waals surface area (Å²) in [6, 6.07) is 19.5. The Hall–Kier alpha value is -4.10. The molecule has 0 aliphatic heterocycles. The lowest BCUT2D eigenvalue weighted by Crippen LogP contribution is -2.14. The molecule has 0 aliphatic carbocycles. The molecule has 0 aliphatic rings. The van der Waals surface area contributed by atoms with Crippen molar-refractivity contribution < 1.29 is 9.18 Å². The van der Waals surface area contributed by atoms with Crippen LogP contribution in [0.25, 0.3) is 22.3 Å². The van der Waals surface area contributed by atoms with E-state index in [2.05, 4.69) is 15.4 Å². The smallest absolute Gasteiger partial charge is 0.256 e. The summed E-state index contributed by atoms with van der Waals surface area (Å²) in [5.74, 6) is -1.17. The van der Waals surface area contributed by atoms with E-state index in [-0.39, 0.29) is 10.7 Å². The largest absolute Gasteiger partial charge is 0.319 e. The Labute approximate surface area is 193 Å². The molecule has 0 bridgehead atoms. The Morgan fingerprint density at radius 1 is 1.03 bits per heavy atom. The molecule has 0 saturated carbocycles. The van der Waals surface area contributed by atoms with Gasteiger partial charge in [-0.3, -0.25) is 9.78 Å². The van der Waals surface area contributed by atoms with Crippen LogP contribution in [0.2, 0.25) is 5.02 Å². The summed E-state index contributed by atoms with van der Waals surface area (Å²) in [6.45, 7) is 0.460. The summed E-state index contributed by atoms with van der Waals surface area (Å²) in [4.78, 5) is 22.1. The lowest BCUT2D eigenvalue weighted by molar-refractivity contribution is 0.102. The Morgan fingerprint density at radius 3 is 2.61 bits per heavy atom. The van der Waals surface area contributed by atoms with E-state index in [4.69, 9.17) is 16.6 Å². The first-order chi connectivity index (χ1) is 16.1. The van der Waals surface area contributed by atoms with Crippen LogP contribution in [0.4, 0.5) is 10.1 Å². The molecule has 162 valence electrons. The molecule has 0 saturated heterocycles. The van der Waals surface area contributed by atoms with Gasteiger partial charge in [0.2, 0.25) is 0 Å². The molecule has 0 radical (unpaired) electrons. The van der Waals surface area contributed by atoms with E-state index in [9.17, 15) is 9.18 Å². The summed E-state index contributed by atoms with van der Waals surface area (Å²) in [5.41, 5.74) is 3.33. The molecule has 3 heterocycles. The number of amides is 1. The van der Waals surface area contributed by atoms with Crippen LogP contribution in [-0.2, 0) is 6.54 Å². The topological polar surface area (TPSA) is 72.7 Å². The highest BCUT2D eigenvalue weighted by molar-refractivity contribution is 6.31. The van der Waals surface area contributed by atoms with Crippen molar-refractivity contribution in [2.24, 2.45) is 0 Å². The SMILES string of the molecule is O=C(Nc1cccc(Cl)c1F)c1cc(-c2ccccc2)nc2c1cnn2Cc1ccncc1. The molecule has 5 aromatic rings. The third kappa shape index (κ3) is 4.18. The minimum atomic E-state index is -0.686. The fourth-order valence-corrected chi connectivity index (χ4v) is 3.73. The van der Waals surface area contributed by atoms with E-state index in [0.717, 1.165) is 11.1 Å². The van der Waals surface area contributed by atoms with E-state index in [1.165, 1.54) is 12.1 Å². The van der Waals surface area contributed by atoms with Gasteiger partial charge in [0.1, 0.15) is 0 Å². The molecule has 2 aromatic carbocycles. The molecule has 6 nitrogen and oxygen atoms in total. The number of nitrogens with zero attached hydrogens (tertiary/aromatic N) is 4. The van der Waals surface area contributed by atoms with Crippen LogP contribution in [-0.4, -0.2) is 25.7 Å². The van der Waals surface area contributed by atoms with E-state index in [0.29, 0.717) is 28.8 Å². The van der Waals surface area contributed by atoms with Gasteiger partial charge in [-0.15, -0.1) is 0 Å². The number of benzene rings is 2. The Kier molecular flexibility index (Phi) is 5.54. The molecule has 0 fully saturated rings. The molecule has 3 aromatic heterocycles. The first-order valence-electron chi connectivity index (χ1n) is 10.2. The number of hydrogen-bond donors (Lipinski definition) is 1. The van der Waals surface area contributed by atoms with Gasteiger partial charge >= 0.3 is 0 Å². The van der Waals surface area contributed by atoms with Gasteiger partial charge in [-0.1, -0.05) is 48.0 Å².